The molecule has 1 aliphatic heterocycles. The van der Waals surface area contributed by atoms with Crippen LogP contribution in [0.2, 0.25) is 0 Å². The maximum atomic E-state index is 12.7. The topological polar surface area (TPSA) is 135 Å². The molecule has 27 heavy (non-hydrogen) atoms. The van der Waals surface area contributed by atoms with E-state index in [0.29, 0.717) is 37.7 Å². The maximum Gasteiger partial charge on any atom is 0.269 e. The number of nitro benzene ring substituents is 1. The van der Waals surface area contributed by atoms with E-state index >= 15 is 0 Å². The highest BCUT2D eigenvalue weighted by atomic mass is 32.1. The summed E-state index contributed by atoms with van der Waals surface area (Å²) in [4.78, 5) is 34.5. The van der Waals surface area contributed by atoms with Gasteiger partial charge in [0.05, 0.1) is 10.5 Å². The van der Waals surface area contributed by atoms with Crippen molar-refractivity contribution in [2.45, 2.75) is 5.92 Å². The van der Waals surface area contributed by atoms with Gasteiger partial charge in [-0.05, 0) is 30.0 Å². The zero-order valence-electron chi connectivity index (χ0n) is 13.3. The van der Waals surface area contributed by atoms with Gasteiger partial charge in [-0.25, -0.2) is 0 Å². The van der Waals surface area contributed by atoms with Gasteiger partial charge in [0.2, 0.25) is 0 Å². The van der Waals surface area contributed by atoms with E-state index in [4.69, 9.17) is 36.7 Å². The smallest absolute Gasteiger partial charge is 0.269 e. The fraction of sp³-hybridized carbons (Fsp3) is 0.0667. The van der Waals surface area contributed by atoms with Crippen molar-refractivity contribution in [2.75, 3.05) is 5.32 Å². The van der Waals surface area contributed by atoms with Crippen molar-refractivity contribution < 1.29 is 4.92 Å². The Balaban J connectivity index is 2.05. The van der Waals surface area contributed by atoms with Gasteiger partial charge in [0.1, 0.15) is 16.3 Å². The summed E-state index contributed by atoms with van der Waals surface area (Å²) in [6, 6.07) is 5.96. The molecule has 0 radical (unpaired) electrons. The third kappa shape index (κ3) is 2.93. The number of hydrogen-bond acceptors (Lipinski definition) is 7. The van der Waals surface area contributed by atoms with Crippen LogP contribution in [-0.4, -0.2) is 24.9 Å². The van der Waals surface area contributed by atoms with Crippen molar-refractivity contribution in [3.05, 3.63) is 75.6 Å². The van der Waals surface area contributed by atoms with E-state index < -0.39 is 10.8 Å². The molecule has 0 fully saturated rings. The van der Waals surface area contributed by atoms with Gasteiger partial charge in [-0.1, -0.05) is 24.4 Å². The van der Waals surface area contributed by atoms with Gasteiger partial charge >= 0.3 is 0 Å². The van der Waals surface area contributed by atoms with Gasteiger partial charge in [0.15, 0.2) is 9.54 Å². The molecule has 0 spiro atoms. The van der Waals surface area contributed by atoms with E-state index in [1.54, 1.807) is 12.1 Å². The molecule has 9 nitrogen and oxygen atoms in total. The largest absolute Gasteiger partial charge is 0.327 e. The SMILES string of the molecule is O=c1[nH]c(=S)[nH]c2c1C(c1ccc([N+](=O)[O-])cc1)c1c([nH]c(=S)[nH]c1=S)N2. The Kier molecular flexibility index (Phi) is 4.09. The number of fused-ring (bicyclic) bond motifs is 2. The van der Waals surface area contributed by atoms with E-state index in [-0.39, 0.29) is 16.0 Å². The first-order chi connectivity index (χ1) is 12.8. The quantitative estimate of drug-likeness (QED) is 0.190. The molecule has 0 saturated heterocycles. The summed E-state index contributed by atoms with van der Waals surface area (Å²) >= 11 is 15.6. The van der Waals surface area contributed by atoms with Crippen molar-refractivity contribution in [1.29, 1.82) is 0 Å². The number of rotatable bonds is 2. The second-order valence-corrected chi connectivity index (χ2v) is 7.03. The Hall–Kier alpha value is -2.96. The van der Waals surface area contributed by atoms with Gasteiger partial charge in [-0.2, -0.15) is 0 Å². The number of aromatic amines is 4. The number of non-ortho nitro benzene ring substituents is 1. The number of nitrogens with one attached hydrogen (secondary N) is 5. The van der Waals surface area contributed by atoms with E-state index in [9.17, 15) is 14.9 Å². The molecule has 1 atom stereocenters. The monoisotopic (exact) mass is 418 g/mol. The van der Waals surface area contributed by atoms with Crippen molar-refractivity contribution in [3.63, 3.8) is 0 Å². The first-order valence-corrected chi connectivity index (χ1v) is 8.82. The molecule has 2 aromatic heterocycles. The van der Waals surface area contributed by atoms with Crippen molar-refractivity contribution >= 4 is 54.0 Å². The van der Waals surface area contributed by atoms with E-state index in [0.717, 1.165) is 0 Å². The van der Waals surface area contributed by atoms with Gasteiger partial charge in [-0.3, -0.25) is 19.9 Å². The van der Waals surface area contributed by atoms with Crippen LogP contribution in [0.25, 0.3) is 0 Å². The molecule has 3 aromatic rings. The molecule has 5 N–H and O–H groups in total. The van der Waals surface area contributed by atoms with Gasteiger partial charge in [0, 0.05) is 23.6 Å². The molecule has 0 saturated carbocycles. The zero-order chi connectivity index (χ0) is 19.3. The van der Waals surface area contributed by atoms with Crippen LogP contribution in [-0.2, 0) is 0 Å². The molecule has 0 bridgehead atoms. The van der Waals surface area contributed by atoms with Crippen LogP contribution in [0, 0.1) is 24.3 Å². The van der Waals surface area contributed by atoms with Crippen LogP contribution in [0.15, 0.2) is 29.1 Å². The van der Waals surface area contributed by atoms with Crippen LogP contribution >= 0.6 is 36.7 Å². The van der Waals surface area contributed by atoms with E-state index in [1.165, 1.54) is 12.1 Å². The van der Waals surface area contributed by atoms with Crippen molar-refractivity contribution in [3.8, 4) is 0 Å². The summed E-state index contributed by atoms with van der Waals surface area (Å²) in [7, 11) is 0. The molecule has 3 heterocycles. The minimum Gasteiger partial charge on any atom is -0.327 e. The lowest BCUT2D eigenvalue weighted by atomic mass is 9.84. The third-order valence-electron chi connectivity index (χ3n) is 4.22. The standard InChI is InChI=1S/C15H10N6O3S3/c22-12-8-7(5-1-3-6(4-2-5)21(23)24)9-11(18-15(27)20-13(9)25)16-10(8)17-14(26)19-12/h1-4,7H,(H5,16,17,18,19,20,22,25,26,27). The molecule has 4 rings (SSSR count). The van der Waals surface area contributed by atoms with E-state index in [1.807, 2.05) is 0 Å². The van der Waals surface area contributed by atoms with Crippen LogP contribution in [0.1, 0.15) is 22.6 Å². The average molecular weight is 418 g/mol. The van der Waals surface area contributed by atoms with Gasteiger partial charge in [-0.15, -0.1) is 0 Å². The number of nitrogens with zero attached hydrogens (tertiary/aromatic N) is 1. The number of aromatic nitrogens is 4. The Morgan fingerprint density at radius 3 is 2.11 bits per heavy atom. The summed E-state index contributed by atoms with van der Waals surface area (Å²) in [6.45, 7) is 0. The Bertz CT molecular complexity index is 1250. The van der Waals surface area contributed by atoms with Crippen LogP contribution in [0.3, 0.4) is 0 Å². The van der Waals surface area contributed by atoms with Gasteiger partial charge in [0.25, 0.3) is 11.2 Å². The third-order valence-corrected chi connectivity index (χ3v) is 4.95. The molecular formula is C15H10N6O3S3. The summed E-state index contributed by atoms with van der Waals surface area (Å²) in [5.41, 5.74) is 1.20. The fourth-order valence-corrected chi connectivity index (χ4v) is 3.92. The number of H-pyrrole nitrogens is 4. The first-order valence-electron chi connectivity index (χ1n) is 7.59. The zero-order valence-corrected chi connectivity index (χ0v) is 15.7. The number of hydrogen-bond donors (Lipinski definition) is 5. The van der Waals surface area contributed by atoms with Crippen LogP contribution in [0.5, 0.6) is 0 Å². The molecule has 1 aliphatic rings. The van der Waals surface area contributed by atoms with Crippen LogP contribution in [0.4, 0.5) is 17.3 Å². The molecule has 1 aromatic carbocycles. The number of nitro groups is 1. The summed E-state index contributed by atoms with van der Waals surface area (Å²) in [5, 5.41) is 14.0. The highest BCUT2D eigenvalue weighted by Crippen LogP contribution is 2.41. The van der Waals surface area contributed by atoms with Crippen molar-refractivity contribution in [2.24, 2.45) is 0 Å². The molecular weight excluding hydrogens is 408 g/mol. The minimum atomic E-state index is -0.580. The normalized spacial score (nSPS) is 14.7. The van der Waals surface area contributed by atoms with E-state index in [2.05, 4.69) is 25.3 Å². The molecule has 136 valence electrons. The van der Waals surface area contributed by atoms with Crippen molar-refractivity contribution in [1.82, 2.24) is 19.9 Å². The summed E-state index contributed by atoms with van der Waals surface area (Å²) in [5.74, 6) is 0.352. The fourth-order valence-electron chi connectivity index (χ4n) is 3.13. The summed E-state index contributed by atoms with van der Waals surface area (Å²) < 4.78 is 0.842. The van der Waals surface area contributed by atoms with Gasteiger partial charge < -0.3 is 20.3 Å². The second-order valence-electron chi connectivity index (χ2n) is 5.80. The molecule has 0 amide bonds. The first kappa shape index (κ1) is 17.5. The highest BCUT2D eigenvalue weighted by molar-refractivity contribution is 7.72. The number of anilines is 2. The Labute approximate surface area is 165 Å². The predicted molar refractivity (Wildman–Crippen MR) is 106 cm³/mol. The maximum absolute atomic E-state index is 12.7. The lowest BCUT2D eigenvalue weighted by Crippen LogP contribution is -2.26. The number of benzene rings is 1. The van der Waals surface area contributed by atoms with Crippen LogP contribution < -0.4 is 10.9 Å². The average Bonchev–Trinajstić information content (AvgIpc) is 2.59. The lowest BCUT2D eigenvalue weighted by Gasteiger charge is -2.28. The molecule has 1 unspecified atom stereocenters. The summed E-state index contributed by atoms with van der Waals surface area (Å²) in [6.07, 6.45) is 0. The molecule has 12 heteroatoms. The lowest BCUT2D eigenvalue weighted by molar-refractivity contribution is -0.384. The highest BCUT2D eigenvalue weighted by Gasteiger charge is 2.32. The Morgan fingerprint density at radius 1 is 0.889 bits per heavy atom. The Morgan fingerprint density at radius 2 is 1.48 bits per heavy atom. The second kappa shape index (κ2) is 6.33. The molecule has 0 aliphatic carbocycles. The predicted octanol–water partition coefficient (Wildman–Crippen LogP) is 3.69. The minimum absolute atomic E-state index is 0.0489.